The van der Waals surface area contributed by atoms with Crippen LogP contribution in [0.5, 0.6) is 0 Å². The van der Waals surface area contributed by atoms with E-state index in [0.29, 0.717) is 17.4 Å². The number of hydrogen-bond acceptors (Lipinski definition) is 6. The van der Waals surface area contributed by atoms with Gasteiger partial charge in [-0.15, -0.1) is 0 Å². The molecule has 3 unspecified atom stereocenters. The lowest BCUT2D eigenvalue weighted by Crippen LogP contribution is -2.45. The summed E-state index contributed by atoms with van der Waals surface area (Å²) in [5.74, 6) is -0.192. The second kappa shape index (κ2) is 54.5. The van der Waals surface area contributed by atoms with Crippen LogP contribution in [0.4, 0.5) is 0 Å². The molecule has 0 aliphatic heterocycles. The van der Waals surface area contributed by atoms with Crippen molar-refractivity contribution in [1.82, 2.24) is 5.32 Å². The van der Waals surface area contributed by atoms with Gasteiger partial charge in [-0.2, -0.15) is 0 Å². The molecule has 0 saturated heterocycles. The number of unbranched alkanes of at least 4 members (excludes halogenated alkanes) is 41. The third kappa shape index (κ3) is 56.4. The van der Waals surface area contributed by atoms with E-state index in [4.69, 9.17) is 9.05 Å². The molecule has 0 aliphatic rings. The van der Waals surface area contributed by atoms with E-state index in [1.165, 1.54) is 244 Å². The number of carbonyl (C=O) groups excluding carboxylic acids is 1. The average Bonchev–Trinajstić information content (AvgIpc) is 3.34. The molecule has 3 atom stereocenters. The van der Waals surface area contributed by atoms with Gasteiger partial charge in [0.15, 0.2) is 0 Å². The lowest BCUT2D eigenvalue weighted by molar-refractivity contribution is -0.870. The summed E-state index contributed by atoms with van der Waals surface area (Å²) in [7, 11) is 1.27. The highest BCUT2D eigenvalue weighted by molar-refractivity contribution is 7.45. The summed E-state index contributed by atoms with van der Waals surface area (Å²) in [4.78, 5) is 25.5. The number of nitrogens with zero attached hydrogens (tertiary/aromatic N) is 1. The van der Waals surface area contributed by atoms with Gasteiger partial charge in [0.05, 0.1) is 39.9 Å². The summed E-state index contributed by atoms with van der Waals surface area (Å²) in [6.45, 7) is 4.67. The molecule has 2 N–H and O–H groups in total. The molecule has 9 heteroatoms. The predicted octanol–water partition coefficient (Wildman–Crippen LogP) is 18.7. The van der Waals surface area contributed by atoms with Crippen molar-refractivity contribution in [2.24, 2.45) is 0 Å². The number of rotatable bonds is 58. The SMILES string of the molecule is CCCCCCC/C=C\C/C=C\CCCCCCCCCCCCCCCCCCCCCCCCCC(=O)NC(COP(=O)([O-])OCC[N+](C)(C)C)C(O)/C=C/CCCCCCCCCCCCCCC. The van der Waals surface area contributed by atoms with Crippen molar-refractivity contribution in [1.29, 1.82) is 0 Å². The number of phosphoric ester groups is 1. The van der Waals surface area contributed by atoms with Crippen molar-refractivity contribution >= 4 is 13.7 Å². The maximum absolute atomic E-state index is 13.0. The van der Waals surface area contributed by atoms with Gasteiger partial charge in [-0.1, -0.05) is 288 Å². The van der Waals surface area contributed by atoms with Gasteiger partial charge in [-0.25, -0.2) is 0 Å². The van der Waals surface area contributed by atoms with E-state index in [-0.39, 0.29) is 19.1 Å². The normalized spacial score (nSPS) is 14.0. The fourth-order valence-electron chi connectivity index (χ4n) is 9.42. The molecular weight excluding hydrogens is 912 g/mol. The Bertz CT molecular complexity index is 1270. The van der Waals surface area contributed by atoms with Crippen LogP contribution in [0.15, 0.2) is 36.5 Å². The molecule has 0 spiro atoms. The third-order valence-corrected chi connectivity index (χ3v) is 15.3. The Kier molecular flexibility index (Phi) is 53.5. The van der Waals surface area contributed by atoms with Crippen LogP contribution in [-0.2, 0) is 18.4 Å². The van der Waals surface area contributed by atoms with Crippen LogP contribution >= 0.6 is 7.82 Å². The van der Waals surface area contributed by atoms with E-state index < -0.39 is 20.0 Å². The minimum Gasteiger partial charge on any atom is -0.756 e. The Morgan fingerprint density at radius 1 is 0.486 bits per heavy atom. The van der Waals surface area contributed by atoms with Gasteiger partial charge in [0.1, 0.15) is 13.2 Å². The van der Waals surface area contributed by atoms with E-state index in [9.17, 15) is 19.4 Å². The van der Waals surface area contributed by atoms with Crippen molar-refractivity contribution in [2.75, 3.05) is 40.9 Å². The number of phosphoric acid groups is 1. The maximum Gasteiger partial charge on any atom is 0.268 e. The maximum atomic E-state index is 13.0. The standard InChI is InChI=1S/C63H123N2O6P/c1-6-8-10-12-14-16-18-20-22-23-24-25-26-27-28-29-30-31-32-33-34-35-36-37-38-39-40-41-43-45-47-49-51-53-55-57-63(67)64-61(60-71-72(68,69)70-59-58-65(3,4)5)62(66)56-54-52-50-48-46-44-42-21-19-17-15-13-11-9-7-2/h18,20,23-24,54,56,61-62,66H,6-17,19,21-22,25-53,55,57-60H2,1-5H3,(H-,64,67,68,69)/b20-18-,24-23-,56-54+. The van der Waals surface area contributed by atoms with Gasteiger partial charge in [-0.05, 0) is 51.4 Å². The van der Waals surface area contributed by atoms with Crippen LogP contribution in [0.1, 0.15) is 309 Å². The summed E-state index contributed by atoms with van der Waals surface area (Å²) < 4.78 is 23.4. The first kappa shape index (κ1) is 70.7. The van der Waals surface area contributed by atoms with Crippen LogP contribution in [0, 0.1) is 0 Å². The van der Waals surface area contributed by atoms with Gasteiger partial charge in [-0.3, -0.25) is 9.36 Å². The molecule has 0 rings (SSSR count). The second-order valence-electron chi connectivity index (χ2n) is 22.8. The summed E-state index contributed by atoms with van der Waals surface area (Å²) in [5.41, 5.74) is 0. The third-order valence-electron chi connectivity index (χ3n) is 14.3. The molecular formula is C63H123N2O6P. The van der Waals surface area contributed by atoms with E-state index in [1.807, 2.05) is 27.2 Å². The highest BCUT2D eigenvalue weighted by Crippen LogP contribution is 2.38. The zero-order valence-electron chi connectivity index (χ0n) is 48.6. The van der Waals surface area contributed by atoms with Crippen LogP contribution in [0.25, 0.3) is 0 Å². The van der Waals surface area contributed by atoms with Gasteiger partial charge >= 0.3 is 0 Å². The summed E-state index contributed by atoms with van der Waals surface area (Å²) in [6.07, 6.45) is 71.0. The van der Waals surface area contributed by atoms with Crippen LogP contribution < -0.4 is 10.2 Å². The van der Waals surface area contributed by atoms with Crippen LogP contribution in [0.2, 0.25) is 0 Å². The number of amides is 1. The summed E-state index contributed by atoms with van der Waals surface area (Å²) in [5, 5.41) is 13.9. The minimum absolute atomic E-state index is 0.00106. The zero-order chi connectivity index (χ0) is 52.7. The number of likely N-dealkylation sites (N-methyl/N-ethyl adjacent to an activating group) is 1. The van der Waals surface area contributed by atoms with Crippen molar-refractivity contribution in [2.45, 2.75) is 321 Å². The molecule has 0 aromatic rings. The molecule has 0 aromatic heterocycles. The molecule has 0 saturated carbocycles. The first-order chi connectivity index (χ1) is 35.0. The highest BCUT2D eigenvalue weighted by Gasteiger charge is 2.23. The lowest BCUT2D eigenvalue weighted by Gasteiger charge is -2.29. The summed E-state index contributed by atoms with van der Waals surface area (Å²) >= 11 is 0. The minimum atomic E-state index is -4.59. The first-order valence-electron chi connectivity index (χ1n) is 31.4. The summed E-state index contributed by atoms with van der Waals surface area (Å²) in [6, 6.07) is -0.884. The van der Waals surface area contributed by atoms with Gasteiger partial charge in [0.25, 0.3) is 7.82 Å². The molecule has 0 aliphatic carbocycles. The van der Waals surface area contributed by atoms with Gasteiger partial charge in [0.2, 0.25) is 5.91 Å². The molecule has 0 heterocycles. The van der Waals surface area contributed by atoms with E-state index in [0.717, 1.165) is 44.9 Å². The molecule has 72 heavy (non-hydrogen) atoms. The fraction of sp³-hybridized carbons (Fsp3) is 0.889. The Morgan fingerprint density at radius 3 is 1.15 bits per heavy atom. The van der Waals surface area contributed by atoms with Gasteiger partial charge < -0.3 is 28.8 Å². The highest BCUT2D eigenvalue weighted by atomic mass is 31.2. The zero-order valence-corrected chi connectivity index (χ0v) is 49.5. The van der Waals surface area contributed by atoms with E-state index in [1.54, 1.807) is 6.08 Å². The molecule has 0 radical (unpaired) electrons. The number of hydrogen-bond donors (Lipinski definition) is 2. The van der Waals surface area contributed by atoms with Crippen molar-refractivity contribution in [3.8, 4) is 0 Å². The smallest absolute Gasteiger partial charge is 0.268 e. The van der Waals surface area contributed by atoms with Crippen molar-refractivity contribution in [3.05, 3.63) is 36.5 Å². The van der Waals surface area contributed by atoms with Crippen molar-refractivity contribution < 1.29 is 32.9 Å². The number of allylic oxidation sites excluding steroid dienone is 5. The molecule has 0 bridgehead atoms. The molecule has 426 valence electrons. The van der Waals surface area contributed by atoms with Crippen LogP contribution in [-0.4, -0.2) is 68.5 Å². The monoisotopic (exact) mass is 1030 g/mol. The molecule has 0 fully saturated rings. The van der Waals surface area contributed by atoms with Crippen LogP contribution in [0.3, 0.4) is 0 Å². The van der Waals surface area contributed by atoms with E-state index >= 15 is 0 Å². The number of quaternary nitrogens is 1. The van der Waals surface area contributed by atoms with E-state index in [2.05, 4.69) is 43.5 Å². The Balaban J connectivity index is 3.96. The number of carbonyl (C=O) groups is 1. The second-order valence-corrected chi connectivity index (χ2v) is 24.2. The number of nitrogens with one attached hydrogen (secondary N) is 1. The average molecular weight is 1040 g/mol. The predicted molar refractivity (Wildman–Crippen MR) is 311 cm³/mol. The topological polar surface area (TPSA) is 108 Å². The number of aliphatic hydroxyl groups is 1. The molecule has 8 nitrogen and oxygen atoms in total. The molecule has 1 amide bonds. The Hall–Kier alpha value is -1.28. The molecule has 0 aromatic carbocycles. The first-order valence-corrected chi connectivity index (χ1v) is 32.8. The van der Waals surface area contributed by atoms with Crippen molar-refractivity contribution in [3.63, 3.8) is 0 Å². The largest absolute Gasteiger partial charge is 0.756 e. The quantitative estimate of drug-likeness (QED) is 0.0272. The Morgan fingerprint density at radius 2 is 0.806 bits per heavy atom. The Labute approximate surface area is 448 Å². The number of aliphatic hydroxyl groups excluding tert-OH is 1. The lowest BCUT2D eigenvalue weighted by atomic mass is 10.0. The fourth-order valence-corrected chi connectivity index (χ4v) is 10.1. The van der Waals surface area contributed by atoms with Gasteiger partial charge in [0, 0.05) is 6.42 Å².